The third kappa shape index (κ3) is 5.20. The Morgan fingerprint density at radius 1 is 1.06 bits per heavy atom. The fourth-order valence-electron chi connectivity index (χ4n) is 3.33. The molecule has 0 radical (unpaired) electrons. The number of fused-ring (bicyclic) bond motifs is 1. The van der Waals surface area contributed by atoms with Crippen LogP contribution in [0.4, 0.5) is 18.9 Å². The van der Waals surface area contributed by atoms with Crippen molar-refractivity contribution in [1.82, 2.24) is 9.55 Å². The van der Waals surface area contributed by atoms with Gasteiger partial charge in [-0.25, -0.2) is 4.98 Å². The van der Waals surface area contributed by atoms with E-state index >= 15 is 0 Å². The van der Waals surface area contributed by atoms with Crippen molar-refractivity contribution in [2.75, 3.05) is 5.32 Å². The Balaban J connectivity index is 1.66. The number of aromatic nitrogens is 2. The second kappa shape index (κ2) is 8.78. The third-order valence-electron chi connectivity index (χ3n) is 4.90. The predicted molar refractivity (Wildman–Crippen MR) is 117 cm³/mol. The summed E-state index contributed by atoms with van der Waals surface area (Å²) >= 11 is 0. The van der Waals surface area contributed by atoms with Gasteiger partial charge in [0, 0.05) is 17.3 Å². The smallest absolute Gasteiger partial charge is 0.406 e. The lowest BCUT2D eigenvalue weighted by molar-refractivity contribution is -0.274. The molecule has 0 unspecified atom stereocenters. The lowest BCUT2D eigenvalue weighted by atomic mass is 10.1. The minimum Gasteiger partial charge on any atom is -0.406 e. The fourth-order valence-corrected chi connectivity index (χ4v) is 3.33. The second-order valence-electron chi connectivity index (χ2n) is 7.38. The molecule has 33 heavy (non-hydrogen) atoms. The van der Waals surface area contributed by atoms with Crippen molar-refractivity contribution in [3.63, 3.8) is 0 Å². The largest absolute Gasteiger partial charge is 0.573 e. The zero-order valence-corrected chi connectivity index (χ0v) is 17.4. The summed E-state index contributed by atoms with van der Waals surface area (Å²) in [6, 6.07) is 17.2. The standard InChI is InChI=1S/C24H18F3N3O3/c1-15-4-6-16(7-5-15)14-30-21-17(3-2-12-28-21)13-20(23(30)32)22(31)29-18-8-10-19(11-9-18)33-24(25,26)27/h2-13H,14H2,1H3,(H,29,31). The monoisotopic (exact) mass is 453 g/mol. The average Bonchev–Trinajstić information content (AvgIpc) is 2.77. The number of amides is 1. The van der Waals surface area contributed by atoms with Crippen LogP contribution in [0, 0.1) is 6.92 Å². The number of nitrogens with zero attached hydrogens (tertiary/aromatic N) is 2. The topological polar surface area (TPSA) is 73.2 Å². The summed E-state index contributed by atoms with van der Waals surface area (Å²) in [5, 5.41) is 3.14. The minimum atomic E-state index is -4.81. The highest BCUT2D eigenvalue weighted by Gasteiger charge is 2.31. The van der Waals surface area contributed by atoms with Crippen LogP contribution in [0.2, 0.25) is 0 Å². The summed E-state index contributed by atoms with van der Waals surface area (Å²) in [7, 11) is 0. The van der Waals surface area contributed by atoms with Crippen molar-refractivity contribution < 1.29 is 22.7 Å². The van der Waals surface area contributed by atoms with Gasteiger partial charge in [-0.2, -0.15) is 0 Å². The third-order valence-corrected chi connectivity index (χ3v) is 4.90. The molecule has 6 nitrogen and oxygen atoms in total. The highest BCUT2D eigenvalue weighted by Crippen LogP contribution is 2.24. The summed E-state index contributed by atoms with van der Waals surface area (Å²) in [6.45, 7) is 2.18. The summed E-state index contributed by atoms with van der Waals surface area (Å²) in [5.41, 5.74) is 1.95. The molecule has 1 N–H and O–H groups in total. The van der Waals surface area contributed by atoms with E-state index in [9.17, 15) is 22.8 Å². The van der Waals surface area contributed by atoms with E-state index in [-0.39, 0.29) is 17.8 Å². The molecule has 0 fully saturated rings. The number of alkyl halides is 3. The quantitative estimate of drug-likeness (QED) is 0.466. The summed E-state index contributed by atoms with van der Waals surface area (Å²) in [6.07, 6.45) is -3.25. The molecule has 4 rings (SSSR count). The summed E-state index contributed by atoms with van der Waals surface area (Å²) < 4.78 is 42.2. The molecule has 2 heterocycles. The number of anilines is 1. The Hall–Kier alpha value is -4.14. The second-order valence-corrected chi connectivity index (χ2v) is 7.38. The number of pyridine rings is 2. The van der Waals surface area contributed by atoms with Crippen molar-refractivity contribution in [2.45, 2.75) is 19.8 Å². The number of nitrogens with one attached hydrogen (secondary N) is 1. The maximum absolute atomic E-state index is 13.2. The average molecular weight is 453 g/mol. The number of aryl methyl sites for hydroxylation is 1. The molecule has 4 aromatic rings. The van der Waals surface area contributed by atoms with Crippen LogP contribution < -0.4 is 15.6 Å². The fraction of sp³-hybridized carbons (Fsp3) is 0.125. The van der Waals surface area contributed by atoms with Gasteiger partial charge in [0.25, 0.3) is 11.5 Å². The molecule has 0 aliphatic heterocycles. The van der Waals surface area contributed by atoms with E-state index in [1.165, 1.54) is 22.8 Å². The van der Waals surface area contributed by atoms with Crippen LogP contribution in [-0.4, -0.2) is 21.8 Å². The van der Waals surface area contributed by atoms with E-state index in [4.69, 9.17) is 0 Å². The molecule has 2 aromatic heterocycles. The van der Waals surface area contributed by atoms with Crippen molar-refractivity contribution in [3.8, 4) is 5.75 Å². The molecule has 2 aromatic carbocycles. The van der Waals surface area contributed by atoms with Crippen LogP contribution >= 0.6 is 0 Å². The number of carbonyl (C=O) groups is 1. The molecule has 0 aliphatic rings. The van der Waals surface area contributed by atoms with Gasteiger partial charge in [0.15, 0.2) is 0 Å². The van der Waals surface area contributed by atoms with Gasteiger partial charge in [-0.05, 0) is 55.0 Å². The molecular weight excluding hydrogens is 435 g/mol. The Bertz CT molecular complexity index is 1360. The molecule has 0 saturated heterocycles. The molecule has 0 spiro atoms. The van der Waals surface area contributed by atoms with E-state index in [0.717, 1.165) is 23.3 Å². The zero-order valence-electron chi connectivity index (χ0n) is 17.4. The SMILES string of the molecule is Cc1ccc(Cn2c(=O)c(C(=O)Nc3ccc(OC(F)(F)F)cc3)cc3cccnc32)cc1. The molecule has 0 atom stereocenters. The number of carbonyl (C=O) groups excluding carboxylic acids is 1. The van der Waals surface area contributed by atoms with Gasteiger partial charge >= 0.3 is 6.36 Å². The number of hydrogen-bond acceptors (Lipinski definition) is 4. The van der Waals surface area contributed by atoms with Crippen LogP contribution in [0.3, 0.4) is 0 Å². The van der Waals surface area contributed by atoms with E-state index in [1.807, 2.05) is 31.2 Å². The van der Waals surface area contributed by atoms with Crippen molar-refractivity contribution in [2.24, 2.45) is 0 Å². The van der Waals surface area contributed by atoms with Gasteiger partial charge in [0.2, 0.25) is 0 Å². The van der Waals surface area contributed by atoms with Gasteiger partial charge in [-0.3, -0.25) is 14.2 Å². The first-order chi connectivity index (χ1) is 15.7. The van der Waals surface area contributed by atoms with Gasteiger partial charge in [0.1, 0.15) is 17.0 Å². The van der Waals surface area contributed by atoms with Crippen LogP contribution in [0.15, 0.2) is 77.7 Å². The highest BCUT2D eigenvalue weighted by molar-refractivity contribution is 6.05. The molecule has 168 valence electrons. The molecule has 1 amide bonds. The molecule has 0 bridgehead atoms. The molecule has 9 heteroatoms. The molecule has 0 aliphatic carbocycles. The zero-order chi connectivity index (χ0) is 23.6. The molecular formula is C24H18F3N3O3. The first-order valence-electron chi connectivity index (χ1n) is 9.91. The van der Waals surface area contributed by atoms with E-state index in [0.29, 0.717) is 11.0 Å². The Morgan fingerprint density at radius 2 is 1.76 bits per heavy atom. The van der Waals surface area contributed by atoms with E-state index < -0.39 is 23.6 Å². The van der Waals surface area contributed by atoms with E-state index in [1.54, 1.807) is 18.3 Å². The number of benzene rings is 2. The summed E-state index contributed by atoms with van der Waals surface area (Å²) in [5.74, 6) is -1.11. The lowest BCUT2D eigenvalue weighted by Gasteiger charge is -2.13. The Morgan fingerprint density at radius 3 is 2.42 bits per heavy atom. The summed E-state index contributed by atoms with van der Waals surface area (Å²) in [4.78, 5) is 30.4. The van der Waals surface area contributed by atoms with Gasteiger partial charge in [-0.15, -0.1) is 13.2 Å². The van der Waals surface area contributed by atoms with Crippen LogP contribution in [0.25, 0.3) is 11.0 Å². The molecule has 0 saturated carbocycles. The first-order valence-corrected chi connectivity index (χ1v) is 9.91. The predicted octanol–water partition coefficient (Wildman–Crippen LogP) is 4.90. The number of hydrogen-bond donors (Lipinski definition) is 1. The number of ether oxygens (including phenoxy) is 1. The van der Waals surface area contributed by atoms with Crippen molar-refractivity contribution >= 4 is 22.6 Å². The van der Waals surface area contributed by atoms with Crippen LogP contribution in [0.5, 0.6) is 5.75 Å². The van der Waals surface area contributed by atoms with Crippen LogP contribution in [0.1, 0.15) is 21.5 Å². The van der Waals surface area contributed by atoms with Crippen molar-refractivity contribution in [1.29, 1.82) is 0 Å². The van der Waals surface area contributed by atoms with Gasteiger partial charge in [-0.1, -0.05) is 29.8 Å². The maximum Gasteiger partial charge on any atom is 0.573 e. The Labute approximate surface area is 186 Å². The van der Waals surface area contributed by atoms with Gasteiger partial charge < -0.3 is 10.1 Å². The van der Waals surface area contributed by atoms with Gasteiger partial charge in [0.05, 0.1) is 6.54 Å². The van der Waals surface area contributed by atoms with E-state index in [2.05, 4.69) is 15.0 Å². The van der Waals surface area contributed by atoms with Crippen molar-refractivity contribution in [3.05, 3.63) is 100.0 Å². The minimum absolute atomic E-state index is 0.113. The first kappa shape index (κ1) is 22.1. The van der Waals surface area contributed by atoms with Crippen LogP contribution in [-0.2, 0) is 6.54 Å². The highest BCUT2D eigenvalue weighted by atomic mass is 19.4. The maximum atomic E-state index is 13.2. The number of rotatable bonds is 5. The lowest BCUT2D eigenvalue weighted by Crippen LogP contribution is -2.30. The normalized spacial score (nSPS) is 11.4. The Kier molecular flexibility index (Phi) is 5.87. The number of halogens is 3.